The molecule has 5 N–H and O–H groups in total. The number of allylic oxidation sites excluding steroid dienone is 8. The van der Waals surface area contributed by atoms with E-state index >= 15 is 0 Å². The number of halogens is 2. The molecule has 0 saturated heterocycles. The van der Waals surface area contributed by atoms with Gasteiger partial charge in [-0.1, -0.05) is 63.0 Å². The molecule has 16 nitrogen and oxygen atoms in total. The van der Waals surface area contributed by atoms with Crippen LogP contribution in [0.4, 0.5) is 11.4 Å². The van der Waals surface area contributed by atoms with Crippen molar-refractivity contribution >= 4 is 109 Å². The Kier molecular flexibility index (Phi) is 18.6. The lowest BCUT2D eigenvalue weighted by Gasteiger charge is -2.34. The van der Waals surface area contributed by atoms with Crippen molar-refractivity contribution in [1.29, 1.82) is 0 Å². The van der Waals surface area contributed by atoms with Crippen molar-refractivity contribution in [2.45, 2.75) is 112 Å². The highest BCUT2D eigenvalue weighted by atomic mass is 127. The Bertz CT molecular complexity index is 2700. The first-order valence-corrected chi connectivity index (χ1v) is 28.8. The van der Waals surface area contributed by atoms with Crippen LogP contribution in [-0.2, 0) is 56.1 Å². The first kappa shape index (κ1) is 54.0. The van der Waals surface area contributed by atoms with Gasteiger partial charge in [0.15, 0.2) is 11.1 Å². The fourth-order valence-corrected chi connectivity index (χ4v) is 13.6. The Labute approximate surface area is 404 Å². The van der Waals surface area contributed by atoms with E-state index in [1.807, 2.05) is 18.2 Å². The van der Waals surface area contributed by atoms with Crippen molar-refractivity contribution in [3.05, 3.63) is 96.8 Å². The third kappa shape index (κ3) is 14.0. The number of anilines is 1. The standard InChI is InChI=1S/C42H54I2N2O14S4/c1-4-16-38(64(58,59)60)46-34-21-20-31(63(55,56)57)29-32(34)41(2,22-13-14-25-61(49,50)51)37(46)18-10-7-5-6-9-17-36-42(3,23-12-8-11-19-39(47)48)40-33(44)27-30(43)28-35(40)45(36)24-15-26-62(52,53)54/h5-7,9-10,17-18,20-21,27-29,38H,4,8,11-16,19,22-26H2,1-3H3,(H4-,47,48,49,50,51,52,53,54,55,56,57,58,59,60)/p+1. The Morgan fingerprint density at radius 1 is 0.781 bits per heavy atom. The molecule has 3 atom stereocenters. The van der Waals surface area contributed by atoms with Crippen LogP contribution in [0.15, 0.2) is 83.5 Å². The summed E-state index contributed by atoms with van der Waals surface area (Å²) in [7, 11) is -18.0. The summed E-state index contributed by atoms with van der Waals surface area (Å²) in [4.78, 5) is 12.2. The quantitative estimate of drug-likeness (QED) is 0.0218. The molecule has 0 aliphatic carbocycles. The van der Waals surface area contributed by atoms with E-state index in [-0.39, 0.29) is 50.8 Å². The molecule has 64 heavy (non-hydrogen) atoms. The van der Waals surface area contributed by atoms with Gasteiger partial charge in [0.25, 0.3) is 40.5 Å². The van der Waals surface area contributed by atoms with E-state index in [0.717, 1.165) is 36.6 Å². The summed E-state index contributed by atoms with van der Waals surface area (Å²) < 4.78 is 140. The molecule has 0 amide bonds. The van der Waals surface area contributed by atoms with Gasteiger partial charge in [-0.15, -0.1) is 0 Å². The minimum absolute atomic E-state index is 0.0160. The van der Waals surface area contributed by atoms with Crippen molar-refractivity contribution in [1.82, 2.24) is 0 Å². The molecule has 354 valence electrons. The lowest BCUT2D eigenvalue weighted by atomic mass is 9.75. The third-order valence-electron chi connectivity index (χ3n) is 11.5. The minimum atomic E-state index is -4.75. The van der Waals surface area contributed by atoms with Crippen LogP contribution in [0, 0.1) is 7.14 Å². The van der Waals surface area contributed by atoms with E-state index in [9.17, 15) is 61.8 Å². The van der Waals surface area contributed by atoms with Gasteiger partial charge in [0.05, 0.1) is 27.4 Å². The number of benzene rings is 2. The number of carboxylic acid groups (broad SMARTS) is 1. The predicted octanol–water partition coefficient (Wildman–Crippen LogP) is 8.21. The van der Waals surface area contributed by atoms with Gasteiger partial charge in [-0.2, -0.15) is 38.2 Å². The molecule has 3 unspecified atom stereocenters. The summed E-state index contributed by atoms with van der Waals surface area (Å²) in [6.45, 7) is 5.86. The Hall–Kier alpha value is -2.56. The van der Waals surface area contributed by atoms with Gasteiger partial charge >= 0.3 is 5.97 Å². The molecular weight excluding hydrogens is 1140 g/mol. The number of fused-ring (bicyclic) bond motifs is 2. The fraction of sp³-hybridized carbons (Fsp3) is 0.476. The van der Waals surface area contributed by atoms with Crippen molar-refractivity contribution in [3.63, 3.8) is 0 Å². The van der Waals surface area contributed by atoms with Gasteiger partial charge in [-0.3, -0.25) is 23.0 Å². The largest absolute Gasteiger partial charge is 0.481 e. The fourth-order valence-electron chi connectivity index (χ4n) is 8.58. The molecule has 2 aliphatic rings. The molecule has 0 saturated carbocycles. The maximum absolute atomic E-state index is 13.0. The summed E-state index contributed by atoms with van der Waals surface area (Å²) >= 11 is 4.53. The molecule has 4 rings (SSSR count). The molecule has 0 radical (unpaired) electrons. The first-order chi connectivity index (χ1) is 29.6. The highest BCUT2D eigenvalue weighted by Gasteiger charge is 2.50. The van der Waals surface area contributed by atoms with Crippen molar-refractivity contribution < 1.29 is 66.4 Å². The number of hydrogen-bond acceptors (Lipinski definition) is 10. The van der Waals surface area contributed by atoms with Crippen molar-refractivity contribution in [3.8, 4) is 0 Å². The van der Waals surface area contributed by atoms with Crippen LogP contribution < -0.4 is 4.90 Å². The van der Waals surface area contributed by atoms with Crippen LogP contribution in [0.1, 0.15) is 103 Å². The van der Waals surface area contributed by atoms with Crippen LogP contribution in [-0.4, -0.2) is 96.7 Å². The Balaban J connectivity index is 1.79. The molecule has 0 spiro atoms. The summed E-state index contributed by atoms with van der Waals surface area (Å²) in [6, 6.07) is 7.81. The minimum Gasteiger partial charge on any atom is -0.481 e. The molecule has 0 bridgehead atoms. The molecule has 22 heteroatoms. The molecule has 2 heterocycles. The van der Waals surface area contributed by atoms with E-state index in [2.05, 4.69) is 62.7 Å². The lowest BCUT2D eigenvalue weighted by Crippen LogP contribution is -2.41. The monoisotopic (exact) mass is 1190 g/mol. The number of unbranched alkanes of at least 4 members (excludes halogenated alkanes) is 3. The Morgan fingerprint density at radius 2 is 1.39 bits per heavy atom. The summed E-state index contributed by atoms with van der Waals surface area (Å²) in [6.07, 6.45) is 15.7. The van der Waals surface area contributed by atoms with E-state index < -0.39 is 79.0 Å². The summed E-state index contributed by atoms with van der Waals surface area (Å²) in [5.41, 5.74) is 2.06. The first-order valence-electron chi connectivity index (χ1n) is 20.5. The SMILES string of the molecule is CCCC(N1\C(=C/C=C/C=C/C=C/C2=[N+](CCCS(=O)(=O)O)c3cc(I)cc(I)c3C2(C)CCCCCC(=O)O)C(C)(CCCCS(=O)(=O)O)c2cc(S(=O)(=O)O)ccc21)S(=O)(=O)O. The average molecular weight is 1190 g/mol. The van der Waals surface area contributed by atoms with Crippen LogP contribution in [0.3, 0.4) is 0 Å². The highest BCUT2D eigenvalue weighted by molar-refractivity contribution is 14.1. The Morgan fingerprint density at radius 3 is 2.00 bits per heavy atom. The maximum atomic E-state index is 13.0. The topological polar surface area (TPSA) is 261 Å². The smallest absolute Gasteiger partial charge is 0.303 e. The molecular formula is C42H55I2N2O14S4+. The van der Waals surface area contributed by atoms with Gasteiger partial charge in [0, 0.05) is 48.9 Å². The van der Waals surface area contributed by atoms with Gasteiger partial charge in [-0.25, -0.2) is 0 Å². The molecule has 2 aromatic carbocycles. The van der Waals surface area contributed by atoms with E-state index in [1.54, 1.807) is 44.2 Å². The van der Waals surface area contributed by atoms with E-state index in [1.165, 1.54) is 17.0 Å². The van der Waals surface area contributed by atoms with Crippen LogP contribution in [0.25, 0.3) is 0 Å². The number of carbonyl (C=O) groups is 1. The van der Waals surface area contributed by atoms with Gasteiger partial charge in [-0.05, 0) is 127 Å². The zero-order valence-electron chi connectivity index (χ0n) is 35.6. The number of hydrogen-bond donors (Lipinski definition) is 5. The molecule has 2 aromatic rings. The zero-order valence-corrected chi connectivity index (χ0v) is 43.2. The van der Waals surface area contributed by atoms with Crippen molar-refractivity contribution in [2.75, 3.05) is 23.0 Å². The van der Waals surface area contributed by atoms with Gasteiger partial charge < -0.3 is 10.0 Å². The third-order valence-corrected chi connectivity index (χ3v) is 16.5. The van der Waals surface area contributed by atoms with E-state index in [4.69, 9.17) is 0 Å². The number of nitrogens with zero attached hydrogens (tertiary/aromatic N) is 2. The number of aliphatic carboxylic acids is 1. The molecule has 2 aliphatic heterocycles. The van der Waals surface area contributed by atoms with Crippen molar-refractivity contribution in [2.24, 2.45) is 0 Å². The second kappa shape index (κ2) is 22.0. The van der Waals surface area contributed by atoms with Gasteiger partial charge in [0.1, 0.15) is 6.54 Å². The summed E-state index contributed by atoms with van der Waals surface area (Å²) in [5, 5.41) is 7.68. The second-order valence-electron chi connectivity index (χ2n) is 16.3. The van der Waals surface area contributed by atoms with E-state index in [0.29, 0.717) is 36.9 Å². The van der Waals surface area contributed by atoms with Gasteiger partial charge in [0.2, 0.25) is 5.69 Å². The normalized spacial score (nSPS) is 20.6. The van der Waals surface area contributed by atoms with Crippen LogP contribution in [0.2, 0.25) is 0 Å². The predicted molar refractivity (Wildman–Crippen MR) is 263 cm³/mol. The zero-order chi connectivity index (χ0) is 47.9. The second-order valence-corrected chi connectivity index (χ2v) is 24.8. The number of rotatable bonds is 24. The highest BCUT2D eigenvalue weighted by Crippen LogP contribution is 2.53. The van der Waals surface area contributed by atoms with Crippen LogP contribution in [0.5, 0.6) is 0 Å². The average Bonchev–Trinajstić information content (AvgIpc) is 3.53. The maximum Gasteiger partial charge on any atom is 0.303 e. The summed E-state index contributed by atoms with van der Waals surface area (Å²) in [5.74, 6) is -1.83. The lowest BCUT2D eigenvalue weighted by molar-refractivity contribution is -0.437. The van der Waals surface area contributed by atoms with Crippen LogP contribution >= 0.6 is 45.2 Å². The number of carboxylic acids is 1. The molecule has 0 aromatic heterocycles. The molecule has 0 fully saturated rings.